The van der Waals surface area contributed by atoms with Crippen LogP contribution < -0.4 is 29.6 Å². The van der Waals surface area contributed by atoms with Gasteiger partial charge in [-0.05, 0) is 68.7 Å². The maximum Gasteiger partial charge on any atom is 0.259 e. The highest BCUT2D eigenvalue weighted by Crippen LogP contribution is 2.47. The van der Waals surface area contributed by atoms with E-state index in [-0.39, 0.29) is 31.2 Å². The first-order chi connectivity index (χ1) is 30.2. The number of ether oxygens (including phenoxy) is 4. The largest absolute Gasteiger partial charge is 0.496 e. The van der Waals surface area contributed by atoms with Crippen molar-refractivity contribution in [1.29, 1.82) is 0 Å². The molecule has 2 saturated carbocycles. The fourth-order valence-corrected chi connectivity index (χ4v) is 10.3. The van der Waals surface area contributed by atoms with Crippen LogP contribution in [0.15, 0.2) is 60.5 Å². The van der Waals surface area contributed by atoms with Gasteiger partial charge in [0, 0.05) is 53.6 Å². The van der Waals surface area contributed by atoms with Gasteiger partial charge in [0.15, 0.2) is 0 Å². The van der Waals surface area contributed by atoms with Gasteiger partial charge < -0.3 is 34.5 Å². The van der Waals surface area contributed by atoms with Crippen LogP contribution in [0.3, 0.4) is 0 Å². The van der Waals surface area contributed by atoms with Gasteiger partial charge in [-0.3, -0.25) is 19.1 Å². The number of hydrogen-bond acceptors (Lipinski definition) is 13. The van der Waals surface area contributed by atoms with Crippen LogP contribution in [0.5, 0.6) is 17.2 Å². The molecule has 7 rings (SSSR count). The third-order valence-electron chi connectivity index (χ3n) is 12.5. The Morgan fingerprint density at radius 2 is 1.81 bits per heavy atom. The van der Waals surface area contributed by atoms with Crippen LogP contribution in [0.4, 0.5) is 5.69 Å². The van der Waals surface area contributed by atoms with E-state index in [0.29, 0.717) is 70.6 Å². The quantitative estimate of drug-likeness (QED) is 0.0705. The van der Waals surface area contributed by atoms with Crippen molar-refractivity contribution in [3.63, 3.8) is 0 Å². The van der Waals surface area contributed by atoms with Crippen LogP contribution >= 0.6 is 11.3 Å². The number of methoxy groups -OCH3 is 2. The number of carbonyl (C=O) groups is 3. The molecule has 3 heterocycles. The molecule has 1 saturated heterocycles. The van der Waals surface area contributed by atoms with Crippen LogP contribution in [-0.4, -0.2) is 103 Å². The summed E-state index contributed by atoms with van der Waals surface area (Å²) in [5.41, 5.74) is 1.41. The van der Waals surface area contributed by atoms with Gasteiger partial charge in [-0.2, -0.15) is 0 Å². The number of carbonyl (C=O) groups excluding carboxylic acids is 3. The first-order valence-electron chi connectivity index (χ1n) is 21.6. The fourth-order valence-electron chi connectivity index (χ4n) is 8.05. The number of aromatic nitrogens is 2. The normalized spacial score (nSPS) is 21.8. The predicted molar refractivity (Wildman–Crippen MR) is 247 cm³/mol. The summed E-state index contributed by atoms with van der Waals surface area (Å²) >= 11 is 1.49. The second-order valence-electron chi connectivity index (χ2n) is 18.7. The summed E-state index contributed by atoms with van der Waals surface area (Å²) < 4.78 is 51.2. The number of rotatable bonds is 18. The van der Waals surface area contributed by atoms with Crippen molar-refractivity contribution in [1.82, 2.24) is 24.9 Å². The lowest BCUT2D eigenvalue weighted by Gasteiger charge is -2.36. The third-order valence-corrected chi connectivity index (χ3v) is 15.6. The van der Waals surface area contributed by atoms with Crippen molar-refractivity contribution in [3.8, 4) is 28.0 Å². The molecule has 3 amide bonds. The molecule has 4 aromatic rings. The fraction of sp³-hybridized carbons (Fsp3) is 0.511. The highest BCUT2D eigenvalue weighted by atomic mass is 32.2. The summed E-state index contributed by atoms with van der Waals surface area (Å²) in [6.45, 7) is 18.1. The molecule has 2 aromatic heterocycles. The van der Waals surface area contributed by atoms with Gasteiger partial charge >= 0.3 is 0 Å². The minimum Gasteiger partial charge on any atom is -0.496 e. The Morgan fingerprint density at radius 3 is 2.44 bits per heavy atom. The van der Waals surface area contributed by atoms with Gasteiger partial charge in [-0.25, -0.2) is 18.4 Å². The van der Waals surface area contributed by atoms with Gasteiger partial charge in [0.2, 0.25) is 21.8 Å². The van der Waals surface area contributed by atoms with Crippen molar-refractivity contribution in [2.75, 3.05) is 39.3 Å². The summed E-state index contributed by atoms with van der Waals surface area (Å²) in [4.78, 5) is 55.2. The maximum atomic E-state index is 15.1. The van der Waals surface area contributed by atoms with Crippen LogP contribution in [-0.2, 0) is 29.1 Å². The summed E-state index contributed by atoms with van der Waals surface area (Å²) in [7, 11) is -0.813. The maximum absolute atomic E-state index is 15.1. The van der Waals surface area contributed by atoms with E-state index in [1.165, 1.54) is 22.3 Å². The Bertz CT molecular complexity index is 2550. The third kappa shape index (κ3) is 9.43. The summed E-state index contributed by atoms with van der Waals surface area (Å²) in [6, 6.07) is 10.9. The molecule has 0 bridgehead atoms. The van der Waals surface area contributed by atoms with Crippen molar-refractivity contribution in [3.05, 3.63) is 71.8 Å². The zero-order chi connectivity index (χ0) is 46.4. The van der Waals surface area contributed by atoms with Crippen molar-refractivity contribution >= 4 is 55.7 Å². The van der Waals surface area contributed by atoms with Crippen molar-refractivity contribution in [2.24, 2.45) is 11.3 Å². The van der Waals surface area contributed by atoms with Crippen LogP contribution in [0, 0.1) is 18.3 Å². The monoisotopic (exact) mass is 916 g/mol. The molecule has 3 aliphatic rings. The number of pyridine rings is 1. The van der Waals surface area contributed by atoms with Gasteiger partial charge in [-0.15, -0.1) is 17.9 Å². The molecule has 17 heteroatoms. The Kier molecular flexibility index (Phi) is 13.1. The SMILES string of the molecule is C=CC1CC1(NC(=O)C1CC(Oc2cc(-c3nc(C(C)C)cs3)nc3c(C)c(OC)ccc23)CN1C(=O)C(Nc1cccc(OCCOC)c1)C(C)(C)C)C(=O)NS(=O)(=O)C1(C)CC1. The Labute approximate surface area is 379 Å². The minimum atomic E-state index is -4.01. The number of benzene rings is 2. The number of sulfonamides is 1. The molecule has 15 nitrogen and oxygen atoms in total. The second-order valence-corrected chi connectivity index (χ2v) is 21.8. The van der Waals surface area contributed by atoms with E-state index in [0.717, 1.165) is 11.3 Å². The number of aryl methyl sites for hydroxylation is 1. The lowest BCUT2D eigenvalue weighted by Crippen LogP contribution is -2.59. The van der Waals surface area contributed by atoms with E-state index in [4.69, 9.17) is 28.9 Å². The number of fused-ring (bicyclic) bond motifs is 1. The van der Waals surface area contributed by atoms with Crippen LogP contribution in [0.25, 0.3) is 21.6 Å². The molecule has 344 valence electrons. The minimum absolute atomic E-state index is 0.0190. The highest BCUT2D eigenvalue weighted by Gasteiger charge is 2.63. The average molecular weight is 917 g/mol. The number of amides is 3. The molecule has 64 heavy (non-hydrogen) atoms. The van der Waals surface area contributed by atoms with E-state index in [9.17, 15) is 18.0 Å². The van der Waals surface area contributed by atoms with Crippen LogP contribution in [0.2, 0.25) is 0 Å². The topological polar surface area (TPSA) is 187 Å². The standard InChI is InChI=1S/C47H60N6O9S2/c1-11-29-24-47(29,44(56)52-64(57,58)46(8)17-18-46)51-41(54)36-22-32(25-53(36)43(55)40(45(5,6)7)48-30-13-12-14-31(21-30)61-20-19-59-9)62-38-23-34(42-50-35(26-63-42)27(2)3)49-39-28(4)37(60-10)16-15-33(38)39/h11-16,21,23,26-27,29,32,36,40,48H,1,17-20,22,24-25H2,2-10H3,(H,51,54)(H,52,56). The second kappa shape index (κ2) is 18.0. The summed E-state index contributed by atoms with van der Waals surface area (Å²) in [6.07, 6.45) is 1.91. The van der Waals surface area contributed by atoms with Crippen molar-refractivity contribution < 1.29 is 41.7 Å². The number of hydrogen-bond donors (Lipinski definition) is 3. The van der Waals surface area contributed by atoms with Gasteiger partial charge in [0.25, 0.3) is 5.91 Å². The number of nitrogens with zero attached hydrogens (tertiary/aromatic N) is 3. The van der Waals surface area contributed by atoms with Gasteiger partial charge in [0.1, 0.15) is 58.3 Å². The lowest BCUT2D eigenvalue weighted by molar-refractivity contribution is -0.141. The molecule has 0 spiro atoms. The molecule has 5 unspecified atom stereocenters. The Morgan fingerprint density at radius 1 is 1.06 bits per heavy atom. The first-order valence-corrected chi connectivity index (χ1v) is 24.0. The number of likely N-dealkylation sites (tertiary alicyclic amines) is 1. The first kappa shape index (κ1) is 46.7. The summed E-state index contributed by atoms with van der Waals surface area (Å²) in [5, 5.41) is 9.78. The lowest BCUT2D eigenvalue weighted by atomic mass is 9.85. The molecule has 1 aliphatic heterocycles. The number of nitrogens with one attached hydrogen (secondary N) is 3. The smallest absolute Gasteiger partial charge is 0.259 e. The zero-order valence-electron chi connectivity index (χ0n) is 38.1. The highest BCUT2D eigenvalue weighted by molar-refractivity contribution is 7.91. The summed E-state index contributed by atoms with van der Waals surface area (Å²) in [5.74, 6) is -0.380. The molecular weight excluding hydrogens is 857 g/mol. The van der Waals surface area contributed by atoms with Gasteiger partial charge in [-0.1, -0.05) is 46.8 Å². The molecule has 3 N–H and O–H groups in total. The average Bonchev–Trinajstić information content (AvgIpc) is 4.03. The molecule has 2 aromatic carbocycles. The van der Waals surface area contributed by atoms with E-state index >= 15 is 4.79 Å². The molecule has 2 aliphatic carbocycles. The van der Waals surface area contributed by atoms with E-state index in [1.54, 1.807) is 27.2 Å². The zero-order valence-corrected chi connectivity index (χ0v) is 39.7. The van der Waals surface area contributed by atoms with Gasteiger partial charge in [0.05, 0.1) is 36.2 Å². The molecular formula is C47H60N6O9S2. The van der Waals surface area contributed by atoms with Crippen molar-refractivity contribution in [2.45, 2.75) is 109 Å². The van der Waals surface area contributed by atoms with E-state index < -0.39 is 61.6 Å². The number of thiazole rings is 1. The Balaban J connectivity index is 1.24. The van der Waals surface area contributed by atoms with E-state index in [2.05, 4.69) is 35.8 Å². The number of anilines is 1. The molecule has 0 radical (unpaired) electrons. The Hall–Kier alpha value is -5.26. The molecule has 5 atom stereocenters. The molecule has 3 fully saturated rings. The predicted octanol–water partition coefficient (Wildman–Crippen LogP) is 6.76. The van der Waals surface area contributed by atoms with E-state index in [1.807, 2.05) is 69.5 Å². The van der Waals surface area contributed by atoms with Crippen LogP contribution in [0.1, 0.15) is 84.4 Å².